The van der Waals surface area contributed by atoms with E-state index in [2.05, 4.69) is 10.3 Å². The summed E-state index contributed by atoms with van der Waals surface area (Å²) in [7, 11) is -3.88. The largest absolute Gasteiger partial charge is 0.462 e. The zero-order chi connectivity index (χ0) is 17.8. The number of carbonyl (C=O) groups excluding carboxylic acids is 2. The van der Waals surface area contributed by atoms with Crippen LogP contribution >= 0.6 is 0 Å². The quantitative estimate of drug-likeness (QED) is 0.541. The van der Waals surface area contributed by atoms with Gasteiger partial charge in [0.15, 0.2) is 0 Å². The number of esters is 1. The molecule has 0 bridgehead atoms. The molecule has 1 amide bonds. The van der Waals surface area contributed by atoms with Crippen LogP contribution in [-0.4, -0.2) is 31.9 Å². The van der Waals surface area contributed by atoms with Crippen LogP contribution in [0.25, 0.3) is 11.6 Å². The van der Waals surface area contributed by atoms with E-state index in [1.54, 1.807) is 6.08 Å². The average Bonchev–Trinajstić information content (AvgIpc) is 3.09. The van der Waals surface area contributed by atoms with E-state index in [0.29, 0.717) is 34.5 Å². The first-order valence-corrected chi connectivity index (χ1v) is 8.97. The number of rotatable bonds is 2. The Morgan fingerprint density at radius 3 is 2.76 bits per heavy atom. The van der Waals surface area contributed by atoms with Crippen LogP contribution < -0.4 is 10.5 Å². The summed E-state index contributed by atoms with van der Waals surface area (Å²) in [6.07, 6.45) is 3.68. The van der Waals surface area contributed by atoms with Crippen LogP contribution in [0.5, 0.6) is 0 Å². The van der Waals surface area contributed by atoms with E-state index in [1.165, 1.54) is 24.4 Å². The minimum atomic E-state index is -3.88. The number of primary sulfonamides is 1. The van der Waals surface area contributed by atoms with Gasteiger partial charge in [0.25, 0.3) is 5.91 Å². The Balaban J connectivity index is 1.84. The van der Waals surface area contributed by atoms with Gasteiger partial charge in [0, 0.05) is 29.6 Å². The van der Waals surface area contributed by atoms with E-state index in [0.717, 1.165) is 5.56 Å². The number of fused-ring (bicyclic) bond motifs is 2. The van der Waals surface area contributed by atoms with E-state index in [-0.39, 0.29) is 17.4 Å². The minimum absolute atomic E-state index is 0.0780. The van der Waals surface area contributed by atoms with Gasteiger partial charge in [-0.25, -0.2) is 18.4 Å². The smallest absolute Gasteiger partial charge is 0.339 e. The van der Waals surface area contributed by atoms with Crippen LogP contribution in [0.15, 0.2) is 29.3 Å². The summed E-state index contributed by atoms with van der Waals surface area (Å²) in [6.45, 7) is 0.276. The number of amides is 1. The summed E-state index contributed by atoms with van der Waals surface area (Å²) >= 11 is 0. The molecule has 0 saturated heterocycles. The Morgan fingerprint density at radius 2 is 2.00 bits per heavy atom. The van der Waals surface area contributed by atoms with Gasteiger partial charge in [-0.1, -0.05) is 0 Å². The molecule has 2 aromatic rings. The number of carbonyl (C=O) groups is 2. The van der Waals surface area contributed by atoms with Crippen LogP contribution in [0, 0.1) is 0 Å². The van der Waals surface area contributed by atoms with Gasteiger partial charge < -0.3 is 15.0 Å². The molecule has 0 fully saturated rings. The molecule has 0 unspecified atom stereocenters. The number of benzene rings is 1. The van der Waals surface area contributed by atoms with Gasteiger partial charge in [0.05, 0.1) is 22.6 Å². The molecule has 0 radical (unpaired) electrons. The third kappa shape index (κ3) is 2.53. The van der Waals surface area contributed by atoms with Crippen molar-refractivity contribution in [2.24, 2.45) is 5.14 Å². The maximum atomic E-state index is 12.3. The van der Waals surface area contributed by atoms with Crippen molar-refractivity contribution in [3.63, 3.8) is 0 Å². The van der Waals surface area contributed by atoms with Crippen molar-refractivity contribution in [1.82, 2.24) is 4.98 Å². The lowest BCUT2D eigenvalue weighted by Crippen LogP contribution is -2.16. The van der Waals surface area contributed by atoms with Crippen molar-refractivity contribution in [3.05, 3.63) is 46.8 Å². The number of aromatic amines is 1. The average molecular weight is 359 g/mol. The molecule has 4 rings (SSSR count). The summed E-state index contributed by atoms with van der Waals surface area (Å²) < 4.78 is 28.1. The molecule has 128 valence electrons. The lowest BCUT2D eigenvalue weighted by molar-refractivity contribution is -0.110. The first-order chi connectivity index (χ1) is 11.8. The Labute approximate surface area is 142 Å². The van der Waals surface area contributed by atoms with Crippen LogP contribution in [0.1, 0.15) is 27.2 Å². The molecule has 9 heteroatoms. The number of nitrogens with two attached hydrogens (primary N) is 1. The summed E-state index contributed by atoms with van der Waals surface area (Å²) in [5.74, 6) is -0.766. The van der Waals surface area contributed by atoms with Crippen LogP contribution in [0.2, 0.25) is 0 Å². The molecular weight excluding hydrogens is 346 g/mol. The predicted molar refractivity (Wildman–Crippen MR) is 89.1 cm³/mol. The fraction of sp³-hybridized carbons (Fsp3) is 0.125. The third-order valence-electron chi connectivity index (χ3n) is 4.22. The number of hydrogen-bond acceptors (Lipinski definition) is 5. The van der Waals surface area contributed by atoms with Crippen molar-refractivity contribution in [2.75, 3.05) is 11.9 Å². The Bertz CT molecular complexity index is 1070. The second-order valence-electron chi connectivity index (χ2n) is 5.75. The summed E-state index contributed by atoms with van der Waals surface area (Å²) in [5, 5.41) is 7.84. The highest BCUT2D eigenvalue weighted by Gasteiger charge is 2.28. The number of H-pyrrole nitrogens is 1. The van der Waals surface area contributed by atoms with Crippen molar-refractivity contribution >= 4 is 39.2 Å². The van der Waals surface area contributed by atoms with Crippen LogP contribution in [-0.2, 0) is 26.0 Å². The Morgan fingerprint density at radius 1 is 1.20 bits per heavy atom. The zero-order valence-corrected chi connectivity index (χ0v) is 13.6. The van der Waals surface area contributed by atoms with E-state index in [9.17, 15) is 18.0 Å². The number of anilines is 1. The minimum Gasteiger partial charge on any atom is -0.462 e. The number of hydrogen-bond donors (Lipinski definition) is 3. The fourth-order valence-electron chi connectivity index (χ4n) is 3.00. The van der Waals surface area contributed by atoms with E-state index < -0.39 is 16.0 Å². The maximum absolute atomic E-state index is 12.3. The first kappa shape index (κ1) is 15.6. The molecule has 0 aliphatic carbocycles. The highest BCUT2D eigenvalue weighted by atomic mass is 32.2. The van der Waals surface area contributed by atoms with Gasteiger partial charge in [0.2, 0.25) is 10.0 Å². The molecular formula is C16H13N3O5S. The zero-order valence-electron chi connectivity index (χ0n) is 12.8. The predicted octanol–water partition coefficient (Wildman–Crippen LogP) is 0.868. The molecule has 2 aliphatic rings. The van der Waals surface area contributed by atoms with Crippen molar-refractivity contribution in [3.8, 4) is 0 Å². The lowest BCUT2D eigenvalue weighted by Gasteiger charge is -2.12. The summed E-state index contributed by atoms with van der Waals surface area (Å²) in [5.41, 5.74) is 3.07. The van der Waals surface area contributed by atoms with Crippen molar-refractivity contribution in [2.45, 2.75) is 11.3 Å². The van der Waals surface area contributed by atoms with E-state index in [4.69, 9.17) is 9.88 Å². The number of aromatic nitrogens is 1. The number of nitrogens with one attached hydrogen (secondary N) is 2. The second-order valence-corrected chi connectivity index (χ2v) is 7.31. The topological polar surface area (TPSA) is 131 Å². The van der Waals surface area contributed by atoms with Gasteiger partial charge >= 0.3 is 5.97 Å². The molecule has 0 saturated carbocycles. The normalized spacial score (nSPS) is 17.9. The van der Waals surface area contributed by atoms with Gasteiger partial charge in [-0.15, -0.1) is 0 Å². The molecule has 3 heterocycles. The summed E-state index contributed by atoms with van der Waals surface area (Å²) in [4.78, 5) is 26.9. The molecule has 1 aromatic carbocycles. The monoisotopic (exact) mass is 359 g/mol. The summed E-state index contributed by atoms with van der Waals surface area (Å²) in [6, 6.07) is 4.19. The molecule has 0 spiro atoms. The SMILES string of the molecule is NS(=O)(=O)c1ccc2c(c1)C(=Cc1[nH]cc3c1CCOC3=O)C(=O)N2. The van der Waals surface area contributed by atoms with Crippen LogP contribution in [0.4, 0.5) is 5.69 Å². The Hall–Kier alpha value is -2.91. The van der Waals surface area contributed by atoms with E-state index >= 15 is 0 Å². The van der Waals surface area contributed by atoms with Gasteiger partial charge in [0.1, 0.15) is 0 Å². The Kier molecular flexibility index (Phi) is 3.31. The molecule has 0 atom stereocenters. The van der Waals surface area contributed by atoms with Crippen molar-refractivity contribution in [1.29, 1.82) is 0 Å². The van der Waals surface area contributed by atoms with Gasteiger partial charge in [-0.05, 0) is 29.8 Å². The second kappa shape index (κ2) is 5.30. The molecule has 1 aromatic heterocycles. The van der Waals surface area contributed by atoms with Gasteiger partial charge in [-0.2, -0.15) is 0 Å². The van der Waals surface area contributed by atoms with Gasteiger partial charge in [-0.3, -0.25) is 4.79 Å². The lowest BCUT2D eigenvalue weighted by atomic mass is 10.0. The van der Waals surface area contributed by atoms with E-state index in [1.807, 2.05) is 0 Å². The molecule has 25 heavy (non-hydrogen) atoms. The number of sulfonamides is 1. The first-order valence-electron chi connectivity index (χ1n) is 7.42. The number of cyclic esters (lactones) is 1. The third-order valence-corrected chi connectivity index (χ3v) is 5.13. The molecule has 8 nitrogen and oxygen atoms in total. The number of ether oxygens (including phenoxy) is 1. The maximum Gasteiger partial charge on any atom is 0.339 e. The molecule has 4 N–H and O–H groups in total. The van der Waals surface area contributed by atoms with Crippen molar-refractivity contribution < 1.29 is 22.7 Å². The standard InChI is InChI=1S/C16H13N3O5S/c17-25(22,23)8-1-2-13-10(5-8)11(15(20)19-13)6-14-9-3-4-24-16(21)12(9)7-18-14/h1-2,5-7,18H,3-4H2,(H,19,20)(H2,17,22,23). The highest BCUT2D eigenvalue weighted by Crippen LogP contribution is 2.35. The van der Waals surface area contributed by atoms with Crippen LogP contribution in [0.3, 0.4) is 0 Å². The molecule has 2 aliphatic heterocycles. The fourth-order valence-corrected chi connectivity index (χ4v) is 3.54. The highest BCUT2D eigenvalue weighted by molar-refractivity contribution is 7.89.